The van der Waals surface area contributed by atoms with Gasteiger partial charge in [0.25, 0.3) is 5.91 Å². The van der Waals surface area contributed by atoms with E-state index in [1.165, 1.54) is 11.8 Å². The van der Waals surface area contributed by atoms with E-state index in [2.05, 4.69) is 4.99 Å². The Bertz CT molecular complexity index is 809. The summed E-state index contributed by atoms with van der Waals surface area (Å²) in [6.45, 7) is 7.49. The number of fused-ring (bicyclic) bond motifs is 1. The summed E-state index contributed by atoms with van der Waals surface area (Å²) in [4.78, 5) is 18.7. The Labute approximate surface area is 147 Å². The van der Waals surface area contributed by atoms with Crippen LogP contribution in [0.15, 0.2) is 29.3 Å². The number of hydrogen-bond acceptors (Lipinski definition) is 4. The molecule has 0 aliphatic carbocycles. The summed E-state index contributed by atoms with van der Waals surface area (Å²) in [5.41, 5.74) is 1.41. The second kappa shape index (κ2) is 5.88. The number of amidine groups is 1. The van der Waals surface area contributed by atoms with Crippen molar-refractivity contribution in [3.63, 3.8) is 0 Å². The number of hydrogen-bond donors (Lipinski definition) is 0. The molecule has 2 atom stereocenters. The van der Waals surface area contributed by atoms with E-state index in [0.29, 0.717) is 5.17 Å². The lowest BCUT2D eigenvalue weighted by Crippen LogP contribution is -2.38. The van der Waals surface area contributed by atoms with Crippen LogP contribution >= 0.6 is 11.8 Å². The molecule has 2 unspecified atom stereocenters. The maximum Gasteiger partial charge on any atom is 0.253 e. The van der Waals surface area contributed by atoms with Crippen LogP contribution in [0.4, 0.5) is 5.69 Å². The number of nitrogens with zero attached hydrogens (tertiary/aromatic N) is 2. The zero-order valence-electron chi connectivity index (χ0n) is 14.3. The number of thioether (sulfide) groups is 1. The molecule has 0 spiro atoms. The Morgan fingerprint density at radius 3 is 2.54 bits per heavy atom. The van der Waals surface area contributed by atoms with E-state index in [-0.39, 0.29) is 28.7 Å². The largest absolute Gasteiger partial charge is 0.315 e. The molecule has 7 heteroatoms. The van der Waals surface area contributed by atoms with Gasteiger partial charge in [0, 0.05) is 16.4 Å². The summed E-state index contributed by atoms with van der Waals surface area (Å²) in [6, 6.07) is 7.66. The molecule has 0 N–H and O–H groups in total. The molecule has 1 aromatic carbocycles. The number of amides is 1. The molecule has 1 aromatic rings. The Balaban J connectivity index is 2.05. The van der Waals surface area contributed by atoms with Crippen LogP contribution < -0.4 is 4.90 Å². The van der Waals surface area contributed by atoms with Crippen LogP contribution in [-0.2, 0) is 14.6 Å². The smallest absolute Gasteiger partial charge is 0.253 e. The third kappa shape index (κ3) is 3.24. The quantitative estimate of drug-likeness (QED) is 0.764. The van der Waals surface area contributed by atoms with E-state index in [1.807, 2.05) is 56.9 Å². The Hall–Kier alpha value is -1.34. The number of anilines is 1. The molecular weight excluding hydrogens is 344 g/mol. The third-order valence-corrected chi connectivity index (χ3v) is 7.49. The van der Waals surface area contributed by atoms with Gasteiger partial charge < -0.3 is 4.90 Å². The highest BCUT2D eigenvalue weighted by molar-refractivity contribution is 8.16. The number of carbonyl (C=O) groups excluding carboxylic acids is 1. The van der Waals surface area contributed by atoms with Crippen molar-refractivity contribution in [3.8, 4) is 0 Å². The van der Waals surface area contributed by atoms with Gasteiger partial charge in [-0.3, -0.25) is 4.79 Å². The molecule has 0 bridgehead atoms. The highest BCUT2D eigenvalue weighted by atomic mass is 32.2. The lowest BCUT2D eigenvalue weighted by Gasteiger charge is -2.26. The van der Waals surface area contributed by atoms with Gasteiger partial charge in [0.05, 0.1) is 17.5 Å². The topological polar surface area (TPSA) is 66.8 Å². The Morgan fingerprint density at radius 1 is 1.25 bits per heavy atom. The Morgan fingerprint density at radius 2 is 1.92 bits per heavy atom. The Kier molecular flexibility index (Phi) is 4.28. The minimum Gasteiger partial charge on any atom is -0.315 e. The number of para-hydroxylation sites is 1. The maximum atomic E-state index is 12.4. The van der Waals surface area contributed by atoms with Crippen LogP contribution in [0.2, 0.25) is 0 Å². The molecule has 3 rings (SSSR count). The number of aryl methyl sites for hydroxylation is 1. The van der Waals surface area contributed by atoms with Crippen molar-refractivity contribution in [3.05, 3.63) is 29.8 Å². The number of sulfone groups is 1. The number of aliphatic imine (C=N–C) groups is 1. The van der Waals surface area contributed by atoms with Crippen molar-refractivity contribution in [2.75, 3.05) is 16.4 Å². The average molecular weight is 367 g/mol. The first-order valence-corrected chi connectivity index (χ1v) is 10.6. The molecule has 0 radical (unpaired) electrons. The van der Waals surface area contributed by atoms with E-state index >= 15 is 0 Å². The predicted molar refractivity (Wildman–Crippen MR) is 99.4 cm³/mol. The van der Waals surface area contributed by atoms with Crippen LogP contribution in [-0.4, -0.2) is 42.3 Å². The van der Waals surface area contributed by atoms with Crippen molar-refractivity contribution in [1.29, 1.82) is 0 Å². The summed E-state index contributed by atoms with van der Waals surface area (Å²) in [6.07, 6.45) is 0. The number of rotatable bonds is 1. The minimum absolute atomic E-state index is 0.0684. The standard InChI is InChI=1S/C17H22N2O3S2/c1-11-7-5-6-8-12(11)19-13-9-24(21,22)10-14(13)23-16(19)18-15(20)17(2,3)4/h5-8,13-14H,9-10H2,1-4H3. The molecule has 0 aromatic heterocycles. The molecule has 24 heavy (non-hydrogen) atoms. The van der Waals surface area contributed by atoms with Gasteiger partial charge in [-0.2, -0.15) is 4.99 Å². The zero-order valence-corrected chi connectivity index (χ0v) is 15.9. The second-order valence-corrected chi connectivity index (χ2v) is 10.8. The van der Waals surface area contributed by atoms with Gasteiger partial charge in [-0.1, -0.05) is 50.7 Å². The summed E-state index contributed by atoms with van der Waals surface area (Å²) in [5.74, 6) is 0.0706. The van der Waals surface area contributed by atoms with E-state index in [4.69, 9.17) is 0 Å². The first kappa shape index (κ1) is 17.5. The number of carbonyl (C=O) groups is 1. The molecule has 130 valence electrons. The SMILES string of the molecule is Cc1ccccc1N1C(=NC(=O)C(C)(C)C)SC2CS(=O)(=O)CC21. The lowest BCUT2D eigenvalue weighted by molar-refractivity contribution is -0.124. The molecule has 0 saturated carbocycles. The first-order valence-electron chi connectivity index (χ1n) is 7.93. The fourth-order valence-electron chi connectivity index (χ4n) is 2.93. The highest BCUT2D eigenvalue weighted by Crippen LogP contribution is 2.42. The third-order valence-electron chi connectivity index (χ3n) is 4.28. The van der Waals surface area contributed by atoms with Gasteiger partial charge in [-0.05, 0) is 18.6 Å². The molecule has 5 nitrogen and oxygen atoms in total. The fourth-order valence-corrected chi connectivity index (χ4v) is 6.84. The maximum absolute atomic E-state index is 12.4. The fraction of sp³-hybridized carbons (Fsp3) is 0.529. The molecular formula is C17H22N2O3S2. The van der Waals surface area contributed by atoms with Crippen LogP contribution in [0, 0.1) is 12.3 Å². The first-order chi connectivity index (χ1) is 11.1. The van der Waals surface area contributed by atoms with Gasteiger partial charge in [0.1, 0.15) is 0 Å². The van der Waals surface area contributed by atoms with Crippen molar-refractivity contribution in [2.45, 2.75) is 39.0 Å². The van der Waals surface area contributed by atoms with Crippen LogP contribution in [0.3, 0.4) is 0 Å². The van der Waals surface area contributed by atoms with E-state index in [9.17, 15) is 13.2 Å². The van der Waals surface area contributed by atoms with Crippen LogP contribution in [0.25, 0.3) is 0 Å². The highest BCUT2D eigenvalue weighted by Gasteiger charge is 2.49. The molecule has 2 saturated heterocycles. The van der Waals surface area contributed by atoms with Crippen LogP contribution in [0.5, 0.6) is 0 Å². The molecule has 2 aliphatic heterocycles. The minimum atomic E-state index is -3.04. The average Bonchev–Trinajstić information content (AvgIpc) is 2.90. The van der Waals surface area contributed by atoms with Crippen molar-refractivity contribution in [2.24, 2.45) is 10.4 Å². The van der Waals surface area contributed by atoms with Crippen LogP contribution in [0.1, 0.15) is 26.3 Å². The normalized spacial score (nSPS) is 27.5. The summed E-state index contributed by atoms with van der Waals surface area (Å²) in [7, 11) is -3.04. The monoisotopic (exact) mass is 366 g/mol. The molecule has 2 heterocycles. The molecule has 2 fully saturated rings. The summed E-state index contributed by atoms with van der Waals surface area (Å²) in [5, 5.41) is 0.551. The van der Waals surface area contributed by atoms with Crippen molar-refractivity contribution in [1.82, 2.24) is 0 Å². The number of benzene rings is 1. The van der Waals surface area contributed by atoms with Gasteiger partial charge in [-0.25, -0.2) is 8.42 Å². The molecule has 2 aliphatic rings. The summed E-state index contributed by atoms with van der Waals surface area (Å²) < 4.78 is 24.1. The summed E-state index contributed by atoms with van der Waals surface area (Å²) >= 11 is 1.42. The van der Waals surface area contributed by atoms with E-state index in [1.54, 1.807) is 0 Å². The van der Waals surface area contributed by atoms with Gasteiger partial charge in [0.2, 0.25) is 0 Å². The van der Waals surface area contributed by atoms with Gasteiger partial charge in [-0.15, -0.1) is 0 Å². The second-order valence-electron chi connectivity index (χ2n) is 7.41. The zero-order chi connectivity index (χ0) is 17.7. The predicted octanol–water partition coefficient (Wildman–Crippen LogP) is 2.64. The van der Waals surface area contributed by atoms with Gasteiger partial charge >= 0.3 is 0 Å². The van der Waals surface area contributed by atoms with Gasteiger partial charge in [0.15, 0.2) is 15.0 Å². The van der Waals surface area contributed by atoms with E-state index < -0.39 is 15.3 Å². The molecule has 1 amide bonds. The van der Waals surface area contributed by atoms with Crippen molar-refractivity contribution >= 4 is 38.4 Å². The lowest BCUT2D eigenvalue weighted by atomic mass is 9.96. The van der Waals surface area contributed by atoms with E-state index in [0.717, 1.165) is 11.3 Å². The van der Waals surface area contributed by atoms with Crippen molar-refractivity contribution < 1.29 is 13.2 Å².